The van der Waals surface area contributed by atoms with Crippen molar-refractivity contribution in [2.45, 2.75) is 39.5 Å². The number of hydrogen-bond donors (Lipinski definition) is 1. The maximum atomic E-state index is 13.0. The van der Waals surface area contributed by atoms with E-state index in [9.17, 15) is 14.4 Å². The SMILES string of the molecule is COc1cc(OC)c(CCCCCNC(=O)N(C)C(=O)c2cc3ccccc3n2OC(C)=O)c(Cl)c1C. The quantitative estimate of drug-likeness (QED) is 0.379. The number of nitrogens with one attached hydrogen (secondary N) is 1. The molecule has 198 valence electrons. The molecular weight excluding hydrogens is 498 g/mol. The number of methoxy groups -OCH3 is 2. The minimum Gasteiger partial charge on any atom is -0.496 e. The van der Waals surface area contributed by atoms with Crippen molar-refractivity contribution in [2.75, 3.05) is 27.8 Å². The molecule has 10 heteroatoms. The summed E-state index contributed by atoms with van der Waals surface area (Å²) in [7, 11) is 4.58. The number of hydrogen-bond acceptors (Lipinski definition) is 6. The second-order valence-corrected chi connectivity index (χ2v) is 8.95. The van der Waals surface area contributed by atoms with Crippen molar-refractivity contribution in [1.82, 2.24) is 14.9 Å². The van der Waals surface area contributed by atoms with Crippen molar-refractivity contribution in [1.29, 1.82) is 0 Å². The number of rotatable bonds is 10. The third-order valence-electron chi connectivity index (χ3n) is 6.06. The van der Waals surface area contributed by atoms with E-state index in [0.29, 0.717) is 34.0 Å². The number of aromatic nitrogens is 1. The predicted molar refractivity (Wildman–Crippen MR) is 142 cm³/mol. The molecule has 0 aliphatic rings. The van der Waals surface area contributed by atoms with Gasteiger partial charge in [0.05, 0.1) is 24.8 Å². The van der Waals surface area contributed by atoms with Crippen molar-refractivity contribution in [3.8, 4) is 11.5 Å². The number of imide groups is 1. The number of benzene rings is 2. The van der Waals surface area contributed by atoms with Crippen molar-refractivity contribution in [3.63, 3.8) is 0 Å². The fraction of sp³-hybridized carbons (Fsp3) is 0.370. The summed E-state index contributed by atoms with van der Waals surface area (Å²) >= 11 is 6.54. The summed E-state index contributed by atoms with van der Waals surface area (Å²) in [5.74, 6) is 0.199. The lowest BCUT2D eigenvalue weighted by Crippen LogP contribution is -2.42. The lowest BCUT2D eigenvalue weighted by atomic mass is 10.0. The molecule has 37 heavy (non-hydrogen) atoms. The highest BCUT2D eigenvalue weighted by Crippen LogP contribution is 2.37. The highest BCUT2D eigenvalue weighted by molar-refractivity contribution is 6.32. The molecule has 0 aliphatic carbocycles. The largest absolute Gasteiger partial charge is 0.496 e. The van der Waals surface area contributed by atoms with Gasteiger partial charge in [-0.2, -0.15) is 4.73 Å². The van der Waals surface area contributed by atoms with E-state index >= 15 is 0 Å². The van der Waals surface area contributed by atoms with Gasteiger partial charge in [0.1, 0.15) is 17.2 Å². The second kappa shape index (κ2) is 12.5. The Morgan fingerprint density at radius 1 is 1.03 bits per heavy atom. The number of fused-ring (bicyclic) bond motifs is 1. The van der Waals surface area contributed by atoms with Crippen LogP contribution < -0.4 is 19.6 Å². The maximum Gasteiger partial charge on any atom is 0.329 e. The summed E-state index contributed by atoms with van der Waals surface area (Å²) in [6.07, 6.45) is 3.12. The predicted octanol–water partition coefficient (Wildman–Crippen LogP) is 4.79. The van der Waals surface area contributed by atoms with Crippen LogP contribution in [0, 0.1) is 6.92 Å². The molecule has 0 bridgehead atoms. The first-order valence-electron chi connectivity index (χ1n) is 11.9. The van der Waals surface area contributed by atoms with E-state index in [4.69, 9.17) is 25.9 Å². The Kier molecular flexibility index (Phi) is 9.41. The summed E-state index contributed by atoms with van der Waals surface area (Å²) in [6, 6.07) is 9.99. The molecule has 0 fully saturated rings. The molecule has 0 spiro atoms. The van der Waals surface area contributed by atoms with Crippen LogP contribution in [0.1, 0.15) is 47.8 Å². The van der Waals surface area contributed by atoms with Gasteiger partial charge in [-0.3, -0.25) is 9.69 Å². The normalized spacial score (nSPS) is 10.8. The van der Waals surface area contributed by atoms with Crippen molar-refractivity contribution in [2.24, 2.45) is 0 Å². The topological polar surface area (TPSA) is 99.1 Å². The molecule has 0 saturated heterocycles. The molecule has 0 unspecified atom stereocenters. The van der Waals surface area contributed by atoms with Gasteiger partial charge in [0.2, 0.25) is 0 Å². The Morgan fingerprint density at radius 3 is 2.41 bits per heavy atom. The lowest BCUT2D eigenvalue weighted by Gasteiger charge is -2.17. The Bertz CT molecular complexity index is 1300. The first-order valence-corrected chi connectivity index (χ1v) is 12.3. The van der Waals surface area contributed by atoms with E-state index in [0.717, 1.165) is 46.4 Å². The van der Waals surface area contributed by atoms with E-state index in [-0.39, 0.29) is 5.69 Å². The average molecular weight is 530 g/mol. The summed E-state index contributed by atoms with van der Waals surface area (Å²) in [4.78, 5) is 43.4. The van der Waals surface area contributed by atoms with Gasteiger partial charge in [-0.15, -0.1) is 0 Å². The molecule has 0 atom stereocenters. The molecule has 9 nitrogen and oxygen atoms in total. The van der Waals surface area contributed by atoms with Crippen LogP contribution in [0.4, 0.5) is 4.79 Å². The summed E-state index contributed by atoms with van der Waals surface area (Å²) in [5.41, 5.74) is 2.43. The number of unbranched alkanes of at least 4 members (excludes halogenated alkanes) is 2. The number of halogens is 1. The van der Waals surface area contributed by atoms with E-state index < -0.39 is 17.9 Å². The van der Waals surface area contributed by atoms with Gasteiger partial charge in [-0.25, -0.2) is 9.59 Å². The Labute approximate surface area is 221 Å². The summed E-state index contributed by atoms with van der Waals surface area (Å²) < 4.78 is 12.0. The van der Waals surface area contributed by atoms with Gasteiger partial charge in [0.15, 0.2) is 0 Å². The monoisotopic (exact) mass is 529 g/mol. The van der Waals surface area contributed by atoms with Crippen LogP contribution in [-0.4, -0.2) is 55.3 Å². The highest BCUT2D eigenvalue weighted by atomic mass is 35.5. The number of urea groups is 1. The van der Waals surface area contributed by atoms with Gasteiger partial charge >= 0.3 is 12.0 Å². The zero-order valence-corrected chi connectivity index (χ0v) is 22.5. The number of carbonyl (C=O) groups excluding carboxylic acids is 3. The van der Waals surface area contributed by atoms with Crippen LogP contribution in [-0.2, 0) is 11.2 Å². The fourth-order valence-electron chi connectivity index (χ4n) is 4.07. The molecule has 1 heterocycles. The molecule has 1 aromatic heterocycles. The first-order chi connectivity index (χ1) is 17.7. The molecule has 0 aliphatic heterocycles. The van der Waals surface area contributed by atoms with Crippen molar-refractivity contribution in [3.05, 3.63) is 58.2 Å². The van der Waals surface area contributed by atoms with Crippen LogP contribution in [0.25, 0.3) is 10.9 Å². The standard InChI is InChI=1S/C27H32ClN3O6/c1-17-23(35-4)16-24(36-5)20(25(17)28)12-7-6-10-14-29-27(34)30(3)26(33)22-15-19-11-8-9-13-21(19)31(22)37-18(2)32/h8-9,11,13,15-16H,6-7,10,12,14H2,1-5H3,(H,29,34). The van der Waals surface area contributed by atoms with Crippen LogP contribution in [0.2, 0.25) is 5.02 Å². The van der Waals surface area contributed by atoms with Gasteiger partial charge in [-0.1, -0.05) is 36.2 Å². The summed E-state index contributed by atoms with van der Waals surface area (Å²) in [5, 5.41) is 4.11. The van der Waals surface area contributed by atoms with Crippen LogP contribution in [0.5, 0.6) is 11.5 Å². The maximum absolute atomic E-state index is 13.0. The Hall–Kier alpha value is -3.72. The Morgan fingerprint density at radius 2 is 1.73 bits per heavy atom. The number of amides is 3. The number of ether oxygens (including phenoxy) is 2. The van der Waals surface area contributed by atoms with E-state index in [2.05, 4.69) is 5.32 Å². The van der Waals surface area contributed by atoms with Crippen LogP contribution in [0.3, 0.4) is 0 Å². The summed E-state index contributed by atoms with van der Waals surface area (Å²) in [6.45, 7) is 3.55. The molecule has 3 rings (SSSR count). The van der Waals surface area contributed by atoms with Gasteiger partial charge in [0, 0.05) is 43.1 Å². The highest BCUT2D eigenvalue weighted by Gasteiger charge is 2.25. The smallest absolute Gasteiger partial charge is 0.329 e. The number of nitrogens with zero attached hydrogens (tertiary/aromatic N) is 2. The molecular formula is C27H32ClN3O6. The van der Waals surface area contributed by atoms with Gasteiger partial charge in [-0.05, 0) is 38.3 Å². The molecule has 3 amide bonds. The first kappa shape index (κ1) is 27.9. The number of para-hydroxylation sites is 1. The zero-order valence-electron chi connectivity index (χ0n) is 21.7. The minimum absolute atomic E-state index is 0.0784. The molecule has 0 radical (unpaired) electrons. The number of carbonyl (C=O) groups is 3. The van der Waals surface area contributed by atoms with Crippen LogP contribution >= 0.6 is 11.6 Å². The van der Waals surface area contributed by atoms with Crippen LogP contribution in [0.15, 0.2) is 36.4 Å². The minimum atomic E-state index is -0.591. The zero-order chi connectivity index (χ0) is 27.1. The van der Waals surface area contributed by atoms with E-state index in [1.54, 1.807) is 38.5 Å². The average Bonchev–Trinajstić information content (AvgIpc) is 3.25. The molecule has 2 aromatic carbocycles. The lowest BCUT2D eigenvalue weighted by molar-refractivity contribution is -0.141. The van der Waals surface area contributed by atoms with Gasteiger partial charge < -0.3 is 19.6 Å². The van der Waals surface area contributed by atoms with E-state index in [1.165, 1.54) is 14.0 Å². The Balaban J connectivity index is 1.54. The van der Waals surface area contributed by atoms with Crippen molar-refractivity contribution >= 4 is 40.4 Å². The van der Waals surface area contributed by atoms with E-state index in [1.807, 2.05) is 19.1 Å². The van der Waals surface area contributed by atoms with Gasteiger partial charge in [0.25, 0.3) is 5.91 Å². The molecule has 3 aromatic rings. The second-order valence-electron chi connectivity index (χ2n) is 8.57. The fourth-order valence-corrected chi connectivity index (χ4v) is 4.35. The molecule has 0 saturated carbocycles. The molecule has 1 N–H and O–H groups in total. The van der Waals surface area contributed by atoms with Crippen molar-refractivity contribution < 1.29 is 28.7 Å². The third-order valence-corrected chi connectivity index (χ3v) is 6.57. The third kappa shape index (κ3) is 6.35.